The Kier molecular flexibility index (Phi) is 4.16. The van der Waals surface area contributed by atoms with Crippen LogP contribution in [0.3, 0.4) is 0 Å². The standard InChI is InChI=1S/C14H16FNO3/c1-2-19-14(18)8-12(17)9-16-6-5-10-3-4-11(15)7-13(10)16/h3-7,12,17H,2,8-9H2,1H3. The van der Waals surface area contributed by atoms with E-state index in [1.807, 2.05) is 6.07 Å². The first kappa shape index (κ1) is 13.5. The van der Waals surface area contributed by atoms with E-state index >= 15 is 0 Å². The minimum atomic E-state index is -0.849. The fourth-order valence-corrected chi connectivity index (χ4v) is 2.02. The summed E-state index contributed by atoms with van der Waals surface area (Å²) in [6, 6.07) is 6.32. The van der Waals surface area contributed by atoms with E-state index in [0.717, 1.165) is 5.39 Å². The molecule has 0 aliphatic rings. The molecule has 0 aliphatic carbocycles. The monoisotopic (exact) mass is 265 g/mol. The summed E-state index contributed by atoms with van der Waals surface area (Å²) in [5.74, 6) is -0.759. The van der Waals surface area contributed by atoms with Crippen LogP contribution in [0.2, 0.25) is 0 Å². The predicted molar refractivity (Wildman–Crippen MR) is 69.2 cm³/mol. The van der Waals surface area contributed by atoms with Gasteiger partial charge in [-0.3, -0.25) is 4.79 Å². The van der Waals surface area contributed by atoms with Gasteiger partial charge in [0.05, 0.1) is 24.6 Å². The van der Waals surface area contributed by atoms with E-state index in [1.165, 1.54) is 12.1 Å². The lowest BCUT2D eigenvalue weighted by Gasteiger charge is -2.12. The smallest absolute Gasteiger partial charge is 0.308 e. The second-order valence-corrected chi connectivity index (χ2v) is 4.33. The van der Waals surface area contributed by atoms with Crippen LogP contribution in [-0.2, 0) is 16.1 Å². The summed E-state index contributed by atoms with van der Waals surface area (Å²) < 4.78 is 19.7. The fourth-order valence-electron chi connectivity index (χ4n) is 2.02. The Morgan fingerprint density at radius 2 is 2.26 bits per heavy atom. The van der Waals surface area contributed by atoms with Crippen LogP contribution in [0.25, 0.3) is 10.9 Å². The highest BCUT2D eigenvalue weighted by Crippen LogP contribution is 2.17. The van der Waals surface area contributed by atoms with E-state index in [2.05, 4.69) is 0 Å². The summed E-state index contributed by atoms with van der Waals surface area (Å²) in [7, 11) is 0. The molecule has 102 valence electrons. The van der Waals surface area contributed by atoms with Crippen molar-refractivity contribution in [2.24, 2.45) is 0 Å². The third kappa shape index (κ3) is 3.32. The number of ether oxygens (including phenoxy) is 1. The Morgan fingerprint density at radius 1 is 1.47 bits per heavy atom. The molecular formula is C14H16FNO3. The van der Waals surface area contributed by atoms with Gasteiger partial charge in [0.25, 0.3) is 0 Å². The molecule has 4 nitrogen and oxygen atoms in total. The minimum Gasteiger partial charge on any atom is -0.466 e. The third-order valence-electron chi connectivity index (χ3n) is 2.85. The summed E-state index contributed by atoms with van der Waals surface area (Å²) in [5, 5.41) is 10.7. The summed E-state index contributed by atoms with van der Waals surface area (Å²) in [4.78, 5) is 11.2. The number of halogens is 1. The zero-order valence-electron chi connectivity index (χ0n) is 10.7. The maximum Gasteiger partial charge on any atom is 0.308 e. The molecule has 0 bridgehead atoms. The van der Waals surface area contributed by atoms with Crippen LogP contribution in [0.5, 0.6) is 0 Å². The fraction of sp³-hybridized carbons (Fsp3) is 0.357. The van der Waals surface area contributed by atoms with Crippen molar-refractivity contribution in [1.82, 2.24) is 4.57 Å². The molecule has 2 aromatic rings. The molecule has 0 amide bonds. The van der Waals surface area contributed by atoms with E-state index < -0.39 is 12.1 Å². The average Bonchev–Trinajstić information content (AvgIpc) is 2.72. The Balaban J connectivity index is 2.08. The number of aliphatic hydroxyl groups excluding tert-OH is 1. The molecule has 0 saturated heterocycles. The number of fused-ring (bicyclic) bond motifs is 1. The van der Waals surface area contributed by atoms with Crippen molar-refractivity contribution >= 4 is 16.9 Å². The second-order valence-electron chi connectivity index (χ2n) is 4.33. The van der Waals surface area contributed by atoms with E-state index in [-0.39, 0.29) is 18.8 Å². The molecule has 0 spiro atoms. The number of hydrogen-bond donors (Lipinski definition) is 1. The zero-order valence-corrected chi connectivity index (χ0v) is 10.7. The SMILES string of the molecule is CCOC(=O)CC(O)Cn1ccc2ccc(F)cc21. The molecule has 5 heteroatoms. The molecule has 1 N–H and O–H groups in total. The predicted octanol–water partition coefficient (Wildman–Crippen LogP) is 2.09. The van der Waals surface area contributed by atoms with Crippen LogP contribution in [0.15, 0.2) is 30.5 Å². The Morgan fingerprint density at radius 3 is 3.00 bits per heavy atom. The molecule has 2 rings (SSSR count). The average molecular weight is 265 g/mol. The lowest BCUT2D eigenvalue weighted by molar-refractivity contribution is -0.145. The van der Waals surface area contributed by atoms with Crippen molar-refractivity contribution in [1.29, 1.82) is 0 Å². The van der Waals surface area contributed by atoms with Crippen LogP contribution in [0, 0.1) is 5.82 Å². The zero-order chi connectivity index (χ0) is 13.8. The van der Waals surface area contributed by atoms with Crippen LogP contribution < -0.4 is 0 Å². The van der Waals surface area contributed by atoms with Gasteiger partial charge in [-0.15, -0.1) is 0 Å². The van der Waals surface area contributed by atoms with Gasteiger partial charge in [-0.1, -0.05) is 0 Å². The number of carbonyl (C=O) groups is 1. The van der Waals surface area contributed by atoms with Crippen molar-refractivity contribution < 1.29 is 19.0 Å². The van der Waals surface area contributed by atoms with Gasteiger partial charge in [0, 0.05) is 12.7 Å². The molecule has 1 aromatic heterocycles. The quantitative estimate of drug-likeness (QED) is 0.842. The molecule has 1 aromatic carbocycles. The minimum absolute atomic E-state index is 0.0666. The van der Waals surface area contributed by atoms with Gasteiger partial charge in [-0.05, 0) is 36.6 Å². The molecule has 0 saturated carbocycles. The van der Waals surface area contributed by atoms with Crippen molar-refractivity contribution in [3.63, 3.8) is 0 Å². The Bertz CT molecular complexity index is 579. The first-order valence-corrected chi connectivity index (χ1v) is 6.18. The van der Waals surface area contributed by atoms with Crippen molar-refractivity contribution in [2.45, 2.75) is 26.0 Å². The molecule has 0 radical (unpaired) electrons. The lowest BCUT2D eigenvalue weighted by Crippen LogP contribution is -2.20. The summed E-state index contributed by atoms with van der Waals surface area (Å²) in [5.41, 5.74) is 0.697. The first-order valence-electron chi connectivity index (χ1n) is 6.18. The van der Waals surface area contributed by atoms with Crippen molar-refractivity contribution in [2.75, 3.05) is 6.61 Å². The summed E-state index contributed by atoms with van der Waals surface area (Å²) in [6.45, 7) is 2.24. The van der Waals surface area contributed by atoms with Gasteiger partial charge in [0.15, 0.2) is 0 Å². The van der Waals surface area contributed by atoms with Crippen LogP contribution >= 0.6 is 0 Å². The van der Waals surface area contributed by atoms with Crippen LogP contribution in [-0.4, -0.2) is 28.4 Å². The highest BCUT2D eigenvalue weighted by molar-refractivity contribution is 5.80. The maximum absolute atomic E-state index is 13.2. The van der Waals surface area contributed by atoms with Crippen molar-refractivity contribution in [3.05, 3.63) is 36.3 Å². The second kappa shape index (κ2) is 5.84. The number of hydrogen-bond acceptors (Lipinski definition) is 3. The number of benzene rings is 1. The van der Waals surface area contributed by atoms with Gasteiger partial charge in [-0.25, -0.2) is 4.39 Å². The van der Waals surface area contributed by atoms with Gasteiger partial charge in [0.1, 0.15) is 5.82 Å². The number of aromatic nitrogens is 1. The highest BCUT2D eigenvalue weighted by Gasteiger charge is 2.13. The number of rotatable bonds is 5. The summed E-state index contributed by atoms with van der Waals surface area (Å²) in [6.07, 6.45) is 0.847. The van der Waals surface area contributed by atoms with E-state index in [4.69, 9.17) is 4.74 Å². The number of aliphatic hydroxyl groups is 1. The van der Waals surface area contributed by atoms with Crippen LogP contribution in [0.1, 0.15) is 13.3 Å². The molecular weight excluding hydrogens is 249 g/mol. The third-order valence-corrected chi connectivity index (χ3v) is 2.85. The van der Waals surface area contributed by atoms with E-state index in [1.54, 1.807) is 23.8 Å². The molecule has 0 aliphatic heterocycles. The topological polar surface area (TPSA) is 51.5 Å². The normalized spacial score (nSPS) is 12.6. The number of esters is 1. The lowest BCUT2D eigenvalue weighted by atomic mass is 10.2. The van der Waals surface area contributed by atoms with Gasteiger partial charge in [-0.2, -0.15) is 0 Å². The van der Waals surface area contributed by atoms with Gasteiger partial charge >= 0.3 is 5.97 Å². The van der Waals surface area contributed by atoms with Crippen LogP contribution in [0.4, 0.5) is 4.39 Å². The summed E-state index contributed by atoms with van der Waals surface area (Å²) >= 11 is 0. The number of nitrogens with zero attached hydrogens (tertiary/aromatic N) is 1. The first-order chi connectivity index (χ1) is 9.10. The Hall–Kier alpha value is -1.88. The largest absolute Gasteiger partial charge is 0.466 e. The van der Waals surface area contributed by atoms with E-state index in [0.29, 0.717) is 12.1 Å². The number of carbonyl (C=O) groups excluding carboxylic acids is 1. The van der Waals surface area contributed by atoms with Gasteiger partial charge in [0.2, 0.25) is 0 Å². The maximum atomic E-state index is 13.2. The molecule has 0 fully saturated rings. The van der Waals surface area contributed by atoms with Crippen molar-refractivity contribution in [3.8, 4) is 0 Å². The molecule has 1 atom stereocenters. The van der Waals surface area contributed by atoms with Gasteiger partial charge < -0.3 is 14.4 Å². The van der Waals surface area contributed by atoms with E-state index in [9.17, 15) is 14.3 Å². The molecule has 1 heterocycles. The Labute approximate surface area is 110 Å². The molecule has 1 unspecified atom stereocenters. The highest BCUT2D eigenvalue weighted by atomic mass is 19.1. The molecule has 19 heavy (non-hydrogen) atoms.